The summed E-state index contributed by atoms with van der Waals surface area (Å²) in [5.74, 6) is -1.33. The molecule has 0 bridgehead atoms. The zero-order valence-electron chi connectivity index (χ0n) is 48.2. The Morgan fingerprint density at radius 2 is 0.744 bits per heavy atom. The van der Waals surface area contributed by atoms with Crippen molar-refractivity contribution < 1.29 is 141 Å². The quantitative estimate of drug-likeness (QED) is 0.0324. The van der Waals surface area contributed by atoms with Crippen molar-refractivity contribution in [3.8, 4) is 0 Å². The highest BCUT2D eigenvalue weighted by Gasteiger charge is 2.56. The van der Waals surface area contributed by atoms with Crippen LogP contribution in [0.3, 0.4) is 0 Å². The van der Waals surface area contributed by atoms with E-state index in [0.29, 0.717) is 0 Å². The van der Waals surface area contributed by atoms with Gasteiger partial charge < -0.3 is 157 Å². The van der Waals surface area contributed by atoms with Gasteiger partial charge in [0.2, 0.25) is 11.8 Å². The van der Waals surface area contributed by atoms with Gasteiger partial charge in [-0.2, -0.15) is 8.42 Å². The maximum atomic E-state index is 11.7. The summed E-state index contributed by atoms with van der Waals surface area (Å²) in [5.41, 5.74) is 29.5. The van der Waals surface area contributed by atoms with Gasteiger partial charge in [-0.15, -0.1) is 0 Å². The van der Waals surface area contributed by atoms with Gasteiger partial charge in [0.05, 0.1) is 82.1 Å². The number of ether oxygens (including phenoxy) is 12. The summed E-state index contributed by atoms with van der Waals surface area (Å²) in [6.07, 6.45) is -29.3. The predicted octanol–water partition coefficient (Wildman–Crippen LogP) is -12.4. The van der Waals surface area contributed by atoms with Crippen molar-refractivity contribution in [1.29, 1.82) is 5.41 Å². The minimum Gasteiger partial charge on any atom is -0.394 e. The Morgan fingerprint density at radius 1 is 0.488 bits per heavy atom. The maximum absolute atomic E-state index is 11.7. The van der Waals surface area contributed by atoms with Gasteiger partial charge in [0, 0.05) is 28.1 Å². The molecule has 0 radical (unpaired) electrons. The van der Waals surface area contributed by atoms with Gasteiger partial charge in [-0.1, -0.05) is 0 Å². The molecule has 26 N–H and O–H groups in total. The number of rotatable bonds is 19. The Bertz CT molecular complexity index is 2250. The van der Waals surface area contributed by atoms with Crippen molar-refractivity contribution >= 4 is 32.9 Å². The van der Waals surface area contributed by atoms with Gasteiger partial charge in [-0.25, -0.2) is 4.99 Å². The van der Waals surface area contributed by atoms with Gasteiger partial charge in [-0.3, -0.25) is 19.6 Å². The van der Waals surface area contributed by atoms with Crippen molar-refractivity contribution in [2.75, 3.05) is 53.9 Å². The monoisotopic (exact) mass is 1280 g/mol. The van der Waals surface area contributed by atoms with Gasteiger partial charge in [0.15, 0.2) is 31.1 Å². The maximum Gasteiger partial charge on any atom is 0.307 e. The van der Waals surface area contributed by atoms with E-state index in [0.717, 1.165) is 6.92 Å². The van der Waals surface area contributed by atoms with Crippen molar-refractivity contribution in [3.05, 3.63) is 0 Å². The fourth-order valence-corrected chi connectivity index (χ4v) is 10.4. The highest BCUT2D eigenvalue weighted by molar-refractivity contribution is 8.01. The zero-order chi connectivity index (χ0) is 65.0. The van der Waals surface area contributed by atoms with E-state index >= 15 is 0 Å². The number of carbonyl (C=O) groups excluding carboxylic acids is 2. The fourth-order valence-electron chi connectivity index (χ4n) is 10.4. The molecule has 0 spiro atoms. The van der Waals surface area contributed by atoms with E-state index in [4.69, 9.17) is 95.5 Å². The van der Waals surface area contributed by atoms with Gasteiger partial charge in [-0.05, 0) is 20.8 Å². The minimum absolute atomic E-state index is 0.416. The lowest BCUT2D eigenvalue weighted by molar-refractivity contribution is -0.344. The largest absolute Gasteiger partial charge is 0.394 e. The second kappa shape index (κ2) is 33.7. The van der Waals surface area contributed by atoms with Crippen molar-refractivity contribution in [2.24, 2.45) is 33.7 Å². The fraction of sp³-hybridized carbons (Fsp3) is 0.915. The van der Waals surface area contributed by atoms with Crippen LogP contribution in [-0.4, -0.2) is 334 Å². The highest BCUT2D eigenvalue weighted by Crippen LogP contribution is 2.35. The van der Waals surface area contributed by atoms with E-state index < -0.39 is 256 Å². The number of amides is 2. The molecular formula is C47H89N9O29S. The first-order chi connectivity index (χ1) is 40.3. The summed E-state index contributed by atoms with van der Waals surface area (Å²) >= 11 is 0. The number of carbonyl (C=O) groups is 2. The lowest BCUT2D eigenvalue weighted by Gasteiger charge is -2.49. The van der Waals surface area contributed by atoms with E-state index in [9.17, 15) is 79.3 Å². The van der Waals surface area contributed by atoms with E-state index in [1.54, 1.807) is 13.8 Å². The van der Waals surface area contributed by atoms with Crippen molar-refractivity contribution in [1.82, 2.24) is 10.6 Å². The number of hydrogen-bond donors (Lipinski definition) is 21. The number of aliphatic imine (C=N–C) groups is 1. The predicted molar refractivity (Wildman–Crippen MR) is 287 cm³/mol. The topological polar surface area (TPSA) is 632 Å². The molecule has 6 aliphatic rings. The third-order valence-electron chi connectivity index (χ3n) is 14.9. The average molecular weight is 1280 g/mol. The van der Waals surface area contributed by atoms with E-state index in [1.807, 2.05) is 0 Å². The van der Waals surface area contributed by atoms with Crippen LogP contribution in [0.2, 0.25) is 0 Å². The second-order valence-corrected chi connectivity index (χ2v) is 22.6. The normalized spacial score (nSPS) is 43.7. The molecule has 6 heterocycles. The SMILES string of the molecule is CC(=N)S(=O)(=O)O.COC1C(CO)OC(OC2C(CO)OC(OC3C(CO)OC(C)C(NC(C)=O)C3O)C(N)C2O)C(N)C1O.COC1C(CO)OC(OC2C(CO)OC(OC3C(CO)OC(C)C(NC(C)=O)C3O)C(N=C(N)N)C2O)C(N)C1O. The number of aliphatic hydroxyl groups is 12. The number of aliphatic hydroxyl groups excluding tert-OH is 12. The van der Waals surface area contributed by atoms with E-state index in [2.05, 4.69) is 15.6 Å². The summed E-state index contributed by atoms with van der Waals surface area (Å²) in [4.78, 5) is 27.3. The highest BCUT2D eigenvalue weighted by atomic mass is 32.2. The smallest absolute Gasteiger partial charge is 0.307 e. The molecule has 30 unspecified atom stereocenters. The number of nitrogens with zero attached hydrogens (tertiary/aromatic N) is 1. The van der Waals surface area contributed by atoms with Crippen molar-refractivity contribution in [2.45, 2.75) is 218 Å². The first-order valence-electron chi connectivity index (χ1n) is 27.1. The number of methoxy groups -OCH3 is 2. The molecule has 6 aliphatic heterocycles. The number of guanidine groups is 1. The Labute approximate surface area is 494 Å². The van der Waals surface area contributed by atoms with Crippen LogP contribution in [0.25, 0.3) is 0 Å². The Kier molecular flexibility index (Phi) is 29.4. The Balaban J connectivity index is 0.000000332. The van der Waals surface area contributed by atoms with Crippen LogP contribution in [0, 0.1) is 5.41 Å². The standard InChI is InChI=1S/C23H43N5O13.C22H41N3O13.C2H5NO3S/c1-7-13(27-8(2)32)16(34)19(10(5-30)37-7)41-22-14(28-23(25)26)17(35)20(11(6-31)39-22)40-21-12(24)15(33)18(36-3)9(4-29)38-21;1-7-14(25-8(2)29)17(32)20(10(5-27)34-7)38-22-13(24)16(31)19(11(6-28)36-22)37-21-12(23)15(30)18(33-3)9(4-26)35-21;1-2(3)7(4,5)6/h7,9-22,29-31,33-35H,4-6,24H2,1-3H3,(H,27,32)(H4,25,26,28);7,9-22,26-28,30-32H,4-6,23-24H2,1-3H3,(H,25,29);3H,1H3,(H,4,5,6). The summed E-state index contributed by atoms with van der Waals surface area (Å²) in [5, 5.41) is 135. The molecule has 502 valence electrons. The van der Waals surface area contributed by atoms with Crippen LogP contribution in [0.15, 0.2) is 4.99 Å². The lowest BCUT2D eigenvalue weighted by atomic mass is 9.92. The van der Waals surface area contributed by atoms with E-state index in [-0.39, 0.29) is 0 Å². The van der Waals surface area contributed by atoms with Gasteiger partial charge >= 0.3 is 10.1 Å². The molecule has 6 fully saturated rings. The average Bonchev–Trinajstić information content (AvgIpc) is 0.996. The summed E-state index contributed by atoms with van der Waals surface area (Å²) in [6.45, 7) is 3.18. The number of nitrogens with two attached hydrogens (primary N) is 5. The summed E-state index contributed by atoms with van der Waals surface area (Å²) < 4.78 is 95.4. The van der Waals surface area contributed by atoms with Crippen molar-refractivity contribution in [3.63, 3.8) is 0 Å². The van der Waals surface area contributed by atoms with Crippen LogP contribution in [-0.2, 0) is 76.5 Å². The van der Waals surface area contributed by atoms with Crippen LogP contribution in [0.4, 0.5) is 0 Å². The molecule has 2 amide bonds. The van der Waals surface area contributed by atoms with Crippen LogP contribution >= 0.6 is 0 Å². The molecule has 0 aliphatic carbocycles. The van der Waals surface area contributed by atoms with Gasteiger partial charge in [0.25, 0.3) is 0 Å². The molecule has 38 nitrogen and oxygen atoms in total. The summed E-state index contributed by atoms with van der Waals surface area (Å²) in [7, 11) is -1.53. The first kappa shape index (κ1) is 75.2. The molecule has 0 aromatic heterocycles. The summed E-state index contributed by atoms with van der Waals surface area (Å²) in [6, 6.07) is -6.85. The molecule has 6 saturated heterocycles. The minimum atomic E-state index is -4.16. The Hall–Kier alpha value is -3.29. The van der Waals surface area contributed by atoms with Crippen LogP contribution < -0.4 is 39.3 Å². The van der Waals surface area contributed by atoms with E-state index in [1.165, 1.54) is 28.1 Å². The molecule has 39 heteroatoms. The number of hydrogen-bond acceptors (Lipinski definition) is 33. The zero-order valence-corrected chi connectivity index (χ0v) is 49.0. The first-order valence-corrected chi connectivity index (χ1v) is 28.5. The molecule has 86 heavy (non-hydrogen) atoms. The Morgan fingerprint density at radius 3 is 1.02 bits per heavy atom. The van der Waals surface area contributed by atoms with Crippen LogP contribution in [0.1, 0.15) is 34.6 Å². The molecule has 0 aromatic rings. The molecule has 30 atom stereocenters. The van der Waals surface area contributed by atoms with Gasteiger partial charge in [0.1, 0.15) is 121 Å². The molecule has 0 aromatic carbocycles. The van der Waals surface area contributed by atoms with Crippen LogP contribution in [0.5, 0.6) is 0 Å². The number of nitrogens with one attached hydrogen (secondary N) is 3. The molecule has 6 rings (SSSR count). The third-order valence-corrected chi connectivity index (χ3v) is 15.7. The molecule has 0 saturated carbocycles. The third kappa shape index (κ3) is 18.5. The lowest BCUT2D eigenvalue weighted by Crippen LogP contribution is -2.69. The molecular weight excluding hydrogens is 1190 g/mol. The second-order valence-electron chi connectivity index (χ2n) is 21.0.